The molecule has 0 saturated heterocycles. The minimum absolute atomic E-state index is 0.0197. The summed E-state index contributed by atoms with van der Waals surface area (Å²) in [5.74, 6) is -0.118. The van der Waals surface area contributed by atoms with Crippen LogP contribution >= 0.6 is 11.6 Å². The molecule has 0 aromatic carbocycles. The smallest absolute Gasteiger partial charge is 0.156 e. The van der Waals surface area contributed by atoms with E-state index in [-0.39, 0.29) is 17.5 Å². The molecule has 0 aliphatic rings. The minimum Gasteiger partial charge on any atom is -0.327 e. The molecule has 0 amide bonds. The largest absolute Gasteiger partial charge is 0.327 e. The van der Waals surface area contributed by atoms with Gasteiger partial charge in [-0.3, -0.25) is 4.68 Å². The minimum atomic E-state index is -3.24. The zero-order valence-electron chi connectivity index (χ0n) is 10.3. The van der Waals surface area contributed by atoms with Crippen molar-refractivity contribution in [2.24, 2.45) is 12.8 Å². The van der Waals surface area contributed by atoms with E-state index >= 15 is 0 Å². The summed E-state index contributed by atoms with van der Waals surface area (Å²) in [6.45, 7) is 3.61. The molecule has 5 nitrogen and oxygen atoms in total. The number of aromatic nitrogens is 2. The van der Waals surface area contributed by atoms with Crippen molar-refractivity contribution in [3.63, 3.8) is 0 Å². The van der Waals surface area contributed by atoms with Crippen LogP contribution in [0, 0.1) is 6.92 Å². The van der Waals surface area contributed by atoms with E-state index in [1.807, 2.05) is 6.92 Å². The summed E-state index contributed by atoms with van der Waals surface area (Å²) < 4.78 is 25.3. The lowest BCUT2D eigenvalue weighted by atomic mass is 10.3. The Labute approximate surface area is 107 Å². The van der Waals surface area contributed by atoms with Crippen LogP contribution in [0.4, 0.5) is 0 Å². The molecular weight excluding hydrogens is 262 g/mol. The molecule has 1 aromatic rings. The second-order valence-corrected chi connectivity index (χ2v) is 6.67. The van der Waals surface area contributed by atoms with Gasteiger partial charge in [-0.05, 0) is 13.3 Å². The first-order valence-electron chi connectivity index (χ1n) is 5.40. The van der Waals surface area contributed by atoms with Gasteiger partial charge in [0.2, 0.25) is 0 Å². The quantitative estimate of drug-likeness (QED) is 0.873. The molecule has 0 spiro atoms. The van der Waals surface area contributed by atoms with Crippen molar-refractivity contribution >= 4 is 21.4 Å². The monoisotopic (exact) mass is 279 g/mol. The molecule has 2 N–H and O–H groups in total. The summed E-state index contributed by atoms with van der Waals surface area (Å²) in [6, 6.07) is -0.323. The third-order valence-corrected chi connectivity index (χ3v) is 4.76. The van der Waals surface area contributed by atoms with E-state index < -0.39 is 9.84 Å². The van der Waals surface area contributed by atoms with Gasteiger partial charge in [0.15, 0.2) is 9.84 Å². The maximum absolute atomic E-state index is 11.9. The average molecular weight is 280 g/mol. The van der Waals surface area contributed by atoms with E-state index in [1.54, 1.807) is 14.0 Å². The number of rotatable bonds is 5. The average Bonchev–Trinajstić information content (AvgIpc) is 2.44. The van der Waals surface area contributed by atoms with Gasteiger partial charge in [-0.25, -0.2) is 8.42 Å². The van der Waals surface area contributed by atoms with E-state index in [4.69, 9.17) is 17.3 Å². The lowest BCUT2D eigenvalue weighted by Crippen LogP contribution is -2.29. The van der Waals surface area contributed by atoms with Gasteiger partial charge in [-0.1, -0.05) is 18.5 Å². The lowest BCUT2D eigenvalue weighted by molar-refractivity contribution is 0.583. The molecule has 1 unspecified atom stereocenters. The van der Waals surface area contributed by atoms with Crippen molar-refractivity contribution in [3.8, 4) is 0 Å². The Hall–Kier alpha value is -0.590. The number of nitrogens with zero attached hydrogens (tertiary/aromatic N) is 2. The van der Waals surface area contributed by atoms with Crippen molar-refractivity contribution in [3.05, 3.63) is 16.4 Å². The summed E-state index contributed by atoms with van der Waals surface area (Å²) in [5, 5.41) is 4.45. The highest BCUT2D eigenvalue weighted by atomic mass is 35.5. The van der Waals surface area contributed by atoms with Crippen LogP contribution in [0.2, 0.25) is 5.15 Å². The van der Waals surface area contributed by atoms with Crippen molar-refractivity contribution in [1.29, 1.82) is 0 Å². The van der Waals surface area contributed by atoms with Gasteiger partial charge in [0.25, 0.3) is 0 Å². The number of halogens is 1. The van der Waals surface area contributed by atoms with E-state index in [0.717, 1.165) is 0 Å². The van der Waals surface area contributed by atoms with Gasteiger partial charge < -0.3 is 5.73 Å². The Morgan fingerprint density at radius 1 is 1.53 bits per heavy atom. The fourth-order valence-corrected chi connectivity index (χ4v) is 3.67. The Kier molecular flexibility index (Phi) is 4.57. The highest BCUT2D eigenvalue weighted by molar-refractivity contribution is 7.90. The number of hydrogen-bond acceptors (Lipinski definition) is 4. The van der Waals surface area contributed by atoms with Crippen molar-refractivity contribution in [2.45, 2.75) is 32.1 Å². The van der Waals surface area contributed by atoms with Crippen molar-refractivity contribution < 1.29 is 8.42 Å². The summed E-state index contributed by atoms with van der Waals surface area (Å²) in [4.78, 5) is 0. The second kappa shape index (κ2) is 5.37. The van der Waals surface area contributed by atoms with Crippen LogP contribution in [0.15, 0.2) is 0 Å². The normalized spacial score (nSPS) is 13.9. The second-order valence-electron chi connectivity index (χ2n) is 4.20. The van der Waals surface area contributed by atoms with Gasteiger partial charge in [0, 0.05) is 18.7 Å². The maximum Gasteiger partial charge on any atom is 0.156 e. The van der Waals surface area contributed by atoms with E-state index in [2.05, 4.69) is 5.10 Å². The van der Waals surface area contributed by atoms with Crippen LogP contribution in [0.1, 0.15) is 24.6 Å². The van der Waals surface area contributed by atoms with Crippen LogP contribution in [0.5, 0.6) is 0 Å². The molecule has 1 rings (SSSR count). The number of hydrogen-bond donors (Lipinski definition) is 1. The van der Waals surface area contributed by atoms with Gasteiger partial charge in [-0.2, -0.15) is 5.10 Å². The van der Waals surface area contributed by atoms with Crippen LogP contribution in [0.3, 0.4) is 0 Å². The molecule has 1 atom stereocenters. The zero-order chi connectivity index (χ0) is 13.2. The zero-order valence-corrected chi connectivity index (χ0v) is 11.8. The standard InChI is InChI=1S/C10H18ClN3O2S/c1-4-8(12)5-17(15,16)6-9-7(2)13-14(3)10(9)11/h8H,4-6,12H2,1-3H3. The molecule has 0 aliphatic carbocycles. The molecule has 0 aliphatic heterocycles. The van der Waals surface area contributed by atoms with Gasteiger partial charge in [0.05, 0.1) is 17.2 Å². The fourth-order valence-electron chi connectivity index (χ4n) is 1.56. The van der Waals surface area contributed by atoms with E-state index in [0.29, 0.717) is 22.8 Å². The first-order chi connectivity index (χ1) is 7.76. The van der Waals surface area contributed by atoms with E-state index in [1.165, 1.54) is 4.68 Å². The van der Waals surface area contributed by atoms with Crippen molar-refractivity contribution in [1.82, 2.24) is 9.78 Å². The summed E-state index contributed by atoms with van der Waals surface area (Å²) in [7, 11) is -1.56. The van der Waals surface area contributed by atoms with Crippen LogP contribution in [-0.2, 0) is 22.6 Å². The fraction of sp³-hybridized carbons (Fsp3) is 0.700. The van der Waals surface area contributed by atoms with Crippen LogP contribution < -0.4 is 5.73 Å². The topological polar surface area (TPSA) is 78.0 Å². The predicted molar refractivity (Wildman–Crippen MR) is 68.7 cm³/mol. The molecule has 0 radical (unpaired) electrons. The number of sulfone groups is 1. The third-order valence-electron chi connectivity index (χ3n) is 2.63. The molecule has 0 fully saturated rings. The first kappa shape index (κ1) is 14.5. The predicted octanol–water partition coefficient (Wildman–Crippen LogP) is 1.03. The van der Waals surface area contributed by atoms with Gasteiger partial charge >= 0.3 is 0 Å². The molecule has 0 bridgehead atoms. The summed E-state index contributed by atoms with van der Waals surface area (Å²) in [5.41, 5.74) is 6.87. The Morgan fingerprint density at radius 3 is 2.53 bits per heavy atom. The number of aryl methyl sites for hydroxylation is 2. The van der Waals surface area contributed by atoms with Crippen molar-refractivity contribution in [2.75, 3.05) is 5.75 Å². The molecular formula is C10H18ClN3O2S. The highest BCUT2D eigenvalue weighted by Crippen LogP contribution is 2.21. The first-order valence-corrected chi connectivity index (χ1v) is 7.60. The van der Waals surface area contributed by atoms with Crippen LogP contribution in [0.25, 0.3) is 0 Å². The van der Waals surface area contributed by atoms with Gasteiger partial charge in [0.1, 0.15) is 5.15 Å². The summed E-state index contributed by atoms with van der Waals surface area (Å²) in [6.07, 6.45) is 0.638. The molecule has 0 saturated carbocycles. The highest BCUT2D eigenvalue weighted by Gasteiger charge is 2.21. The van der Waals surface area contributed by atoms with Gasteiger partial charge in [-0.15, -0.1) is 0 Å². The molecule has 7 heteroatoms. The Morgan fingerprint density at radius 2 is 2.12 bits per heavy atom. The molecule has 1 heterocycles. The van der Waals surface area contributed by atoms with E-state index in [9.17, 15) is 8.42 Å². The Balaban J connectivity index is 2.91. The summed E-state index contributed by atoms with van der Waals surface area (Å²) >= 11 is 6.00. The molecule has 98 valence electrons. The SMILES string of the molecule is CCC(N)CS(=O)(=O)Cc1c(C)nn(C)c1Cl. The number of nitrogens with two attached hydrogens (primary N) is 1. The third kappa shape index (κ3) is 3.69. The Bertz CT molecular complexity index is 496. The lowest BCUT2D eigenvalue weighted by Gasteiger charge is -2.09. The van der Waals surface area contributed by atoms with Crippen LogP contribution in [-0.4, -0.2) is 30.0 Å². The maximum atomic E-state index is 11.9. The molecule has 1 aromatic heterocycles. The molecule has 17 heavy (non-hydrogen) atoms.